The summed E-state index contributed by atoms with van der Waals surface area (Å²) < 4.78 is 4.97. The lowest BCUT2D eigenvalue weighted by atomic mass is 9.69. The highest BCUT2D eigenvalue weighted by Gasteiger charge is 2.53. The lowest BCUT2D eigenvalue weighted by Crippen LogP contribution is -2.27. The van der Waals surface area contributed by atoms with Gasteiger partial charge in [-0.1, -0.05) is 188 Å². The van der Waals surface area contributed by atoms with E-state index in [-0.39, 0.29) is 5.41 Å². The molecule has 2 aromatic heterocycles. The van der Waals surface area contributed by atoms with Crippen LogP contribution in [-0.4, -0.2) is 9.13 Å². The molecule has 0 atom stereocenters. The molecule has 1 spiro atoms. The third kappa shape index (κ3) is 5.43. The number of aromatic nitrogens is 2. The van der Waals surface area contributed by atoms with Crippen LogP contribution in [0.15, 0.2) is 260 Å². The molecule has 12 aromatic carbocycles. The average molecular weight is 951 g/mol. The zero-order chi connectivity index (χ0) is 48.9. The van der Waals surface area contributed by atoms with Gasteiger partial charge in [-0.25, -0.2) is 0 Å². The molecule has 0 saturated carbocycles. The zero-order valence-corrected chi connectivity index (χ0v) is 41.1. The number of nitrogens with zero attached hydrogens (tertiary/aromatic N) is 2. The number of allylic oxidation sites excluding steroid dienone is 4. The number of hydrogen-bond donors (Lipinski definition) is 0. The highest BCUT2D eigenvalue weighted by molar-refractivity contribution is 6.26. The van der Waals surface area contributed by atoms with Gasteiger partial charge in [0, 0.05) is 32.9 Å². The van der Waals surface area contributed by atoms with Gasteiger partial charge in [-0.05, 0) is 179 Å². The van der Waals surface area contributed by atoms with E-state index in [0.717, 1.165) is 18.5 Å². The minimum Gasteiger partial charge on any atom is -0.309 e. The number of para-hydroxylation sites is 2. The molecular formula is C73H46N2. The van der Waals surface area contributed by atoms with E-state index in [0.29, 0.717) is 0 Å². The van der Waals surface area contributed by atoms with Crippen molar-refractivity contribution in [2.24, 2.45) is 0 Å². The van der Waals surface area contributed by atoms with Crippen LogP contribution in [0.4, 0.5) is 0 Å². The minimum absolute atomic E-state index is 0.386. The SMILES string of the molecule is C1=CC2=C(CC1)c1c(ccc3c1c1cc(-c4ccc5c(c4)c4c(-c6ccc7c8ccccc8c8ccccc8c7c6)cccc4n5-c4ccccc4)ccc1n3-c1ccccc1)C21c2ccccc2-c2ccccc21. The van der Waals surface area contributed by atoms with Crippen LogP contribution in [0.1, 0.15) is 35.1 Å². The summed E-state index contributed by atoms with van der Waals surface area (Å²) in [5, 5.41) is 12.8. The van der Waals surface area contributed by atoms with Gasteiger partial charge in [0.2, 0.25) is 0 Å². The fraction of sp³-hybridized carbons (Fsp3) is 0.0411. The van der Waals surface area contributed by atoms with Gasteiger partial charge in [-0.2, -0.15) is 0 Å². The van der Waals surface area contributed by atoms with Crippen LogP contribution in [0.5, 0.6) is 0 Å². The Morgan fingerprint density at radius 1 is 0.320 bits per heavy atom. The van der Waals surface area contributed by atoms with Gasteiger partial charge in [0.05, 0.1) is 27.5 Å². The van der Waals surface area contributed by atoms with Crippen molar-refractivity contribution in [1.29, 1.82) is 0 Å². The quantitative estimate of drug-likeness (QED) is 0.156. The second kappa shape index (κ2) is 15.3. The van der Waals surface area contributed by atoms with E-state index in [2.05, 4.69) is 264 Å². The van der Waals surface area contributed by atoms with E-state index >= 15 is 0 Å². The molecule has 14 aromatic rings. The summed E-state index contributed by atoms with van der Waals surface area (Å²) in [6.45, 7) is 0. The maximum atomic E-state index is 2.51. The Morgan fingerprint density at radius 3 is 1.43 bits per heavy atom. The summed E-state index contributed by atoms with van der Waals surface area (Å²) in [5.41, 5.74) is 22.8. The van der Waals surface area contributed by atoms with E-state index in [1.807, 2.05) is 0 Å². The molecule has 348 valence electrons. The molecule has 0 N–H and O–H groups in total. The molecule has 0 aliphatic heterocycles. The van der Waals surface area contributed by atoms with Crippen molar-refractivity contribution in [2.45, 2.75) is 18.3 Å². The van der Waals surface area contributed by atoms with Gasteiger partial charge >= 0.3 is 0 Å². The standard InChI is InChI=1S/C73H46N2/c1-3-18-48(19-4-1)74-66-39-35-45(42-60(66)70-50(29-17-33-68(70)74)47-34-37-55-53-24-8-7-22-51(53)52-23-9-10-25-54(52)59(55)44-47)46-36-40-67-61(43-46)72-69(75(67)49-20-5-2-6-21-49)41-38-65-71(72)58-28-13-16-32-64(58)73(65)62-30-14-11-26-56(62)57-27-12-15-31-63(57)73/h1-12,14-27,29-44H,13,28H2. The summed E-state index contributed by atoms with van der Waals surface area (Å²) >= 11 is 0. The Kier molecular flexibility index (Phi) is 8.35. The maximum absolute atomic E-state index is 2.51. The number of rotatable bonds is 4. The average Bonchev–Trinajstić information content (AvgIpc) is 4.28. The van der Waals surface area contributed by atoms with Crippen molar-refractivity contribution in [1.82, 2.24) is 9.13 Å². The van der Waals surface area contributed by atoms with E-state index in [1.54, 1.807) is 0 Å². The van der Waals surface area contributed by atoms with Gasteiger partial charge in [0.1, 0.15) is 0 Å². The Morgan fingerprint density at radius 2 is 0.800 bits per heavy atom. The smallest absolute Gasteiger partial charge is 0.0722 e. The highest BCUT2D eigenvalue weighted by Crippen LogP contribution is 2.64. The number of fused-ring (bicyclic) bond motifs is 22. The molecule has 0 amide bonds. The van der Waals surface area contributed by atoms with Crippen molar-refractivity contribution in [3.63, 3.8) is 0 Å². The molecule has 2 heteroatoms. The summed E-state index contributed by atoms with van der Waals surface area (Å²) in [5.74, 6) is 0. The number of benzene rings is 12. The molecule has 75 heavy (non-hydrogen) atoms. The van der Waals surface area contributed by atoms with E-state index in [4.69, 9.17) is 0 Å². The molecule has 0 bridgehead atoms. The molecule has 0 unspecified atom stereocenters. The first-order valence-corrected chi connectivity index (χ1v) is 26.5. The Balaban J connectivity index is 0.930. The summed E-state index contributed by atoms with van der Waals surface area (Å²) in [6, 6.07) is 91.3. The van der Waals surface area contributed by atoms with Crippen molar-refractivity contribution < 1.29 is 0 Å². The molecule has 3 aliphatic carbocycles. The molecule has 3 aliphatic rings. The summed E-state index contributed by atoms with van der Waals surface area (Å²) in [7, 11) is 0. The van der Waals surface area contributed by atoms with E-state index in [1.165, 1.54) is 148 Å². The molecule has 0 fully saturated rings. The largest absolute Gasteiger partial charge is 0.309 e. The van der Waals surface area contributed by atoms with Crippen LogP contribution in [-0.2, 0) is 5.41 Å². The predicted octanol–water partition coefficient (Wildman–Crippen LogP) is 19.1. The van der Waals surface area contributed by atoms with Crippen LogP contribution in [0, 0.1) is 0 Å². The van der Waals surface area contributed by atoms with Crippen LogP contribution in [0.2, 0.25) is 0 Å². The summed E-state index contributed by atoms with van der Waals surface area (Å²) in [4.78, 5) is 0. The molecule has 0 radical (unpaired) electrons. The monoisotopic (exact) mass is 950 g/mol. The molecule has 2 heterocycles. The van der Waals surface area contributed by atoms with Crippen LogP contribution >= 0.6 is 0 Å². The topological polar surface area (TPSA) is 9.86 Å². The predicted molar refractivity (Wildman–Crippen MR) is 316 cm³/mol. The lowest BCUT2D eigenvalue weighted by molar-refractivity contribution is 0.781. The van der Waals surface area contributed by atoms with Crippen molar-refractivity contribution in [2.75, 3.05) is 0 Å². The van der Waals surface area contributed by atoms with Crippen LogP contribution < -0.4 is 0 Å². The normalized spacial score (nSPS) is 14.3. The third-order valence-corrected chi connectivity index (χ3v) is 17.4. The third-order valence-electron chi connectivity index (χ3n) is 17.4. The van der Waals surface area contributed by atoms with E-state index < -0.39 is 0 Å². The first-order chi connectivity index (χ1) is 37.2. The molecule has 17 rings (SSSR count). The second-order valence-corrected chi connectivity index (χ2v) is 20.9. The summed E-state index contributed by atoms with van der Waals surface area (Å²) in [6.07, 6.45) is 6.93. The first kappa shape index (κ1) is 41.0. The zero-order valence-electron chi connectivity index (χ0n) is 41.1. The lowest BCUT2D eigenvalue weighted by Gasteiger charge is -2.32. The van der Waals surface area contributed by atoms with Gasteiger partial charge < -0.3 is 9.13 Å². The van der Waals surface area contributed by atoms with Crippen molar-refractivity contribution in [3.05, 3.63) is 283 Å². The molecule has 0 saturated heterocycles. The fourth-order valence-corrected chi connectivity index (χ4v) is 14.4. The van der Waals surface area contributed by atoms with Gasteiger partial charge in [-0.15, -0.1) is 0 Å². The van der Waals surface area contributed by atoms with Gasteiger partial charge in [-0.3, -0.25) is 0 Å². The minimum atomic E-state index is -0.386. The first-order valence-electron chi connectivity index (χ1n) is 26.5. The fourth-order valence-electron chi connectivity index (χ4n) is 14.4. The maximum Gasteiger partial charge on any atom is 0.0722 e. The van der Waals surface area contributed by atoms with E-state index in [9.17, 15) is 0 Å². The Bertz CT molecular complexity index is 4790. The van der Waals surface area contributed by atoms with Crippen molar-refractivity contribution >= 4 is 81.5 Å². The molecular weight excluding hydrogens is 905 g/mol. The van der Waals surface area contributed by atoms with Crippen molar-refractivity contribution in [3.8, 4) is 44.8 Å². The Labute approximate surface area is 434 Å². The second-order valence-electron chi connectivity index (χ2n) is 20.9. The van der Waals surface area contributed by atoms with Gasteiger partial charge in [0.25, 0.3) is 0 Å². The Hall–Kier alpha value is -9.50. The molecule has 2 nitrogen and oxygen atoms in total. The van der Waals surface area contributed by atoms with Gasteiger partial charge in [0.15, 0.2) is 0 Å². The van der Waals surface area contributed by atoms with Crippen LogP contribution in [0.25, 0.3) is 126 Å². The highest BCUT2D eigenvalue weighted by atomic mass is 15.0. The van der Waals surface area contributed by atoms with Crippen LogP contribution in [0.3, 0.4) is 0 Å². The number of hydrogen-bond acceptors (Lipinski definition) is 0.